The molecule has 3 aliphatic heterocycles. The van der Waals surface area contributed by atoms with Gasteiger partial charge in [0.05, 0.1) is 31.8 Å². The van der Waals surface area contributed by atoms with E-state index in [1.54, 1.807) is 21.9 Å². The molecule has 1 aromatic rings. The van der Waals surface area contributed by atoms with Crippen molar-refractivity contribution in [1.82, 2.24) is 15.1 Å². The van der Waals surface area contributed by atoms with Gasteiger partial charge in [-0.05, 0) is 48.9 Å². The summed E-state index contributed by atoms with van der Waals surface area (Å²) in [5.41, 5.74) is 7.59. The van der Waals surface area contributed by atoms with Crippen LogP contribution in [0.1, 0.15) is 50.9 Å². The summed E-state index contributed by atoms with van der Waals surface area (Å²) < 4.78 is 5.41. The minimum absolute atomic E-state index is 0.0327. The number of carbonyl (C=O) groups excluding carboxylic acids is 4. The molecule has 4 atom stereocenters. The molecule has 0 aliphatic carbocycles. The Balaban J connectivity index is 1.45. The number of hydrogen-bond acceptors (Lipinski definition) is 7. The lowest BCUT2D eigenvalue weighted by Crippen LogP contribution is -2.53. The number of morpholine rings is 1. The highest BCUT2D eigenvalue weighted by atomic mass is 16.5. The van der Waals surface area contributed by atoms with E-state index in [1.165, 1.54) is 0 Å². The van der Waals surface area contributed by atoms with Crippen LogP contribution in [0.3, 0.4) is 0 Å². The van der Waals surface area contributed by atoms with E-state index in [-0.39, 0.29) is 47.9 Å². The summed E-state index contributed by atoms with van der Waals surface area (Å²) in [4.78, 5) is 58.2. The first kappa shape index (κ1) is 28.0. The van der Waals surface area contributed by atoms with Gasteiger partial charge in [0.15, 0.2) is 5.78 Å². The number of nitrogens with two attached hydrogens (primary N) is 1. The van der Waals surface area contributed by atoms with Gasteiger partial charge in [-0.3, -0.25) is 19.2 Å². The first-order valence-electron chi connectivity index (χ1n) is 13.7. The average molecular weight is 528 g/mol. The molecule has 1 aromatic carbocycles. The number of amides is 3. The zero-order chi connectivity index (χ0) is 27.6. The molecule has 3 saturated heterocycles. The normalized spacial score (nSPS) is 23.1. The van der Waals surface area contributed by atoms with E-state index in [0.717, 1.165) is 18.8 Å². The number of ether oxygens (including phenoxy) is 1. The highest BCUT2D eigenvalue weighted by Crippen LogP contribution is 2.31. The molecule has 4 rings (SSSR count). The van der Waals surface area contributed by atoms with E-state index in [9.17, 15) is 19.2 Å². The fraction of sp³-hybridized carbons (Fsp3) is 0.643. The number of fused-ring (bicyclic) bond motifs is 1. The number of benzene rings is 1. The Morgan fingerprint density at radius 1 is 1.00 bits per heavy atom. The maximum absolute atomic E-state index is 13.7. The van der Waals surface area contributed by atoms with Crippen molar-refractivity contribution in [3.05, 3.63) is 29.8 Å². The lowest BCUT2D eigenvalue weighted by Gasteiger charge is -2.30. The molecule has 3 aliphatic rings. The number of anilines is 1. The maximum Gasteiger partial charge on any atom is 0.251 e. The molecule has 0 aromatic heterocycles. The second-order valence-corrected chi connectivity index (χ2v) is 11.3. The van der Waals surface area contributed by atoms with Gasteiger partial charge in [0.2, 0.25) is 11.8 Å². The summed E-state index contributed by atoms with van der Waals surface area (Å²) in [6, 6.07) is 4.85. The first-order valence-corrected chi connectivity index (χ1v) is 13.7. The molecule has 0 bridgehead atoms. The van der Waals surface area contributed by atoms with Gasteiger partial charge in [-0.15, -0.1) is 0 Å². The predicted octanol–water partition coefficient (Wildman–Crippen LogP) is 1.03. The summed E-state index contributed by atoms with van der Waals surface area (Å²) in [6.45, 7) is 11.0. The molecule has 0 radical (unpaired) electrons. The molecule has 3 heterocycles. The van der Waals surface area contributed by atoms with Crippen LogP contribution in [0.2, 0.25) is 0 Å². The monoisotopic (exact) mass is 527 g/mol. The van der Waals surface area contributed by atoms with Crippen molar-refractivity contribution >= 4 is 29.2 Å². The van der Waals surface area contributed by atoms with Crippen LogP contribution in [0.4, 0.5) is 5.69 Å². The molecule has 3 N–H and O–H groups in total. The third-order valence-electron chi connectivity index (χ3n) is 7.81. The summed E-state index contributed by atoms with van der Waals surface area (Å²) in [6.07, 6.45) is 0.962. The molecule has 208 valence electrons. The van der Waals surface area contributed by atoms with Crippen molar-refractivity contribution in [2.75, 3.05) is 44.3 Å². The summed E-state index contributed by atoms with van der Waals surface area (Å²) in [5.74, 6) is -0.913. The van der Waals surface area contributed by atoms with E-state index in [2.05, 4.69) is 10.2 Å². The van der Waals surface area contributed by atoms with E-state index >= 15 is 0 Å². The zero-order valence-corrected chi connectivity index (χ0v) is 22.9. The molecule has 10 nitrogen and oxygen atoms in total. The Hall–Kier alpha value is -2.98. The molecular formula is C28H41N5O5. The Morgan fingerprint density at radius 3 is 2.26 bits per heavy atom. The topological polar surface area (TPSA) is 125 Å². The van der Waals surface area contributed by atoms with E-state index in [4.69, 9.17) is 10.5 Å². The van der Waals surface area contributed by atoms with Crippen LogP contribution in [0, 0.1) is 11.8 Å². The van der Waals surface area contributed by atoms with Gasteiger partial charge < -0.3 is 30.5 Å². The van der Waals surface area contributed by atoms with Crippen molar-refractivity contribution in [3.63, 3.8) is 0 Å². The van der Waals surface area contributed by atoms with Gasteiger partial charge in [-0.2, -0.15) is 0 Å². The summed E-state index contributed by atoms with van der Waals surface area (Å²) in [5, 5.41) is 2.93. The number of carbonyl (C=O) groups is 4. The zero-order valence-electron chi connectivity index (χ0n) is 22.9. The Bertz CT molecular complexity index is 1040. The molecule has 3 fully saturated rings. The van der Waals surface area contributed by atoms with Gasteiger partial charge in [-0.1, -0.05) is 27.7 Å². The van der Waals surface area contributed by atoms with Crippen LogP contribution in [0.25, 0.3) is 0 Å². The number of nitrogens with one attached hydrogen (secondary N) is 1. The van der Waals surface area contributed by atoms with Crippen molar-refractivity contribution in [2.24, 2.45) is 17.6 Å². The van der Waals surface area contributed by atoms with Crippen LogP contribution in [0.15, 0.2) is 24.3 Å². The quantitative estimate of drug-likeness (QED) is 0.517. The second-order valence-electron chi connectivity index (χ2n) is 11.3. The summed E-state index contributed by atoms with van der Waals surface area (Å²) >= 11 is 0. The van der Waals surface area contributed by atoms with Crippen LogP contribution in [-0.2, 0) is 19.1 Å². The van der Waals surface area contributed by atoms with Crippen molar-refractivity contribution in [3.8, 4) is 0 Å². The molecule has 10 heteroatoms. The van der Waals surface area contributed by atoms with Crippen LogP contribution in [-0.4, -0.2) is 96.9 Å². The standard InChI is InChI=1S/C28H41N5O5/c1-17(2)15-21(30-26(35)19-5-7-20(8-6-19)31-11-13-38-14-12-31)27(36)32-10-9-22-25(32)23(34)16-33(22)28(37)24(29)18(3)4/h5-8,17-18,21-22,24-25H,9-16,29H2,1-4H3,(H,30,35). The van der Waals surface area contributed by atoms with Gasteiger partial charge in [0.25, 0.3) is 5.91 Å². The van der Waals surface area contributed by atoms with E-state index in [1.807, 2.05) is 39.8 Å². The number of ketones is 1. The highest BCUT2D eigenvalue weighted by molar-refractivity contribution is 6.01. The maximum atomic E-state index is 13.7. The number of likely N-dealkylation sites (tertiary alicyclic amines) is 2. The Morgan fingerprint density at radius 2 is 1.66 bits per heavy atom. The second kappa shape index (κ2) is 11.8. The fourth-order valence-corrected chi connectivity index (χ4v) is 5.61. The summed E-state index contributed by atoms with van der Waals surface area (Å²) in [7, 11) is 0. The van der Waals surface area contributed by atoms with E-state index in [0.29, 0.717) is 38.2 Å². The van der Waals surface area contributed by atoms with Gasteiger partial charge >= 0.3 is 0 Å². The fourth-order valence-electron chi connectivity index (χ4n) is 5.61. The van der Waals surface area contributed by atoms with Crippen LogP contribution in [0.5, 0.6) is 0 Å². The largest absolute Gasteiger partial charge is 0.378 e. The third kappa shape index (κ3) is 5.86. The number of hydrogen-bond donors (Lipinski definition) is 2. The molecule has 3 amide bonds. The van der Waals surface area contributed by atoms with Crippen LogP contribution >= 0.6 is 0 Å². The first-order chi connectivity index (χ1) is 18.1. The van der Waals surface area contributed by atoms with Crippen LogP contribution < -0.4 is 16.0 Å². The molecule has 0 spiro atoms. The third-order valence-corrected chi connectivity index (χ3v) is 7.81. The van der Waals surface area contributed by atoms with Gasteiger partial charge in [0.1, 0.15) is 12.1 Å². The minimum Gasteiger partial charge on any atom is -0.378 e. The number of rotatable bonds is 8. The SMILES string of the molecule is CC(C)CC(NC(=O)c1ccc(N2CCOCC2)cc1)C(=O)N1CCC2C1C(=O)CN2C(=O)C(N)C(C)C. The Labute approximate surface area is 224 Å². The highest BCUT2D eigenvalue weighted by Gasteiger charge is 2.52. The van der Waals surface area contributed by atoms with Crippen molar-refractivity contribution in [2.45, 2.75) is 64.7 Å². The average Bonchev–Trinajstić information content (AvgIpc) is 3.48. The molecule has 4 unspecified atom stereocenters. The molecule has 38 heavy (non-hydrogen) atoms. The molecular weight excluding hydrogens is 486 g/mol. The minimum atomic E-state index is -0.768. The van der Waals surface area contributed by atoms with Gasteiger partial charge in [-0.25, -0.2) is 0 Å². The number of Topliss-reactive ketones (excluding diaryl/α,β-unsaturated/α-hetero) is 1. The Kier molecular flexibility index (Phi) is 8.72. The van der Waals surface area contributed by atoms with Crippen molar-refractivity contribution < 1.29 is 23.9 Å². The van der Waals surface area contributed by atoms with Gasteiger partial charge in [0, 0.05) is 30.9 Å². The lowest BCUT2D eigenvalue weighted by atomic mass is 10.0. The van der Waals surface area contributed by atoms with Crippen molar-refractivity contribution in [1.29, 1.82) is 0 Å². The molecule has 0 saturated carbocycles. The number of nitrogens with zero attached hydrogens (tertiary/aromatic N) is 3. The lowest BCUT2D eigenvalue weighted by molar-refractivity contribution is -0.138. The smallest absolute Gasteiger partial charge is 0.251 e. The predicted molar refractivity (Wildman–Crippen MR) is 144 cm³/mol. The van der Waals surface area contributed by atoms with E-state index < -0.39 is 18.1 Å².